The molecule has 0 fully saturated rings. The van der Waals surface area contributed by atoms with Crippen LogP contribution in [0.3, 0.4) is 0 Å². The molecular formula is C12H16ClF2NO. The van der Waals surface area contributed by atoms with Crippen LogP contribution in [0.5, 0.6) is 5.75 Å². The van der Waals surface area contributed by atoms with Crippen LogP contribution in [-0.2, 0) is 5.92 Å². The van der Waals surface area contributed by atoms with Crippen molar-refractivity contribution in [1.82, 2.24) is 0 Å². The predicted molar refractivity (Wildman–Crippen MR) is 64.7 cm³/mol. The van der Waals surface area contributed by atoms with E-state index in [0.29, 0.717) is 0 Å². The highest BCUT2D eigenvalue weighted by atomic mass is 35.5. The monoisotopic (exact) mass is 263 g/mol. The molecule has 0 aromatic heterocycles. The van der Waals surface area contributed by atoms with Crippen LogP contribution in [-0.4, -0.2) is 13.7 Å². The van der Waals surface area contributed by atoms with Gasteiger partial charge in [-0.05, 0) is 18.2 Å². The van der Waals surface area contributed by atoms with E-state index in [9.17, 15) is 8.78 Å². The second kappa shape index (κ2) is 4.78. The van der Waals surface area contributed by atoms with Gasteiger partial charge in [0.05, 0.1) is 12.7 Å². The summed E-state index contributed by atoms with van der Waals surface area (Å²) in [5, 5.41) is 0.244. The van der Waals surface area contributed by atoms with E-state index < -0.39 is 11.3 Å². The average Bonchev–Trinajstić information content (AvgIpc) is 2.28. The van der Waals surface area contributed by atoms with Crippen molar-refractivity contribution in [3.8, 4) is 5.75 Å². The fourth-order valence-electron chi connectivity index (χ4n) is 1.42. The summed E-state index contributed by atoms with van der Waals surface area (Å²) in [7, 11) is 1.35. The molecule has 0 spiro atoms. The quantitative estimate of drug-likeness (QED) is 0.903. The fraction of sp³-hybridized carbons (Fsp3) is 0.500. The molecule has 2 nitrogen and oxygen atoms in total. The minimum absolute atomic E-state index is 0.112. The molecule has 5 heteroatoms. The van der Waals surface area contributed by atoms with Gasteiger partial charge in [0.25, 0.3) is 5.92 Å². The van der Waals surface area contributed by atoms with Crippen molar-refractivity contribution in [2.45, 2.75) is 19.8 Å². The van der Waals surface area contributed by atoms with Crippen molar-refractivity contribution >= 4 is 11.6 Å². The summed E-state index contributed by atoms with van der Waals surface area (Å²) >= 11 is 5.75. The number of methoxy groups -OCH3 is 1. The minimum atomic E-state index is -3.11. The number of nitrogens with two attached hydrogens (primary N) is 1. The third kappa shape index (κ3) is 2.53. The lowest BCUT2D eigenvalue weighted by molar-refractivity contribution is -0.110. The number of hydrogen-bond donors (Lipinski definition) is 1. The van der Waals surface area contributed by atoms with Crippen molar-refractivity contribution in [3.05, 3.63) is 28.8 Å². The van der Waals surface area contributed by atoms with Gasteiger partial charge in [0.2, 0.25) is 0 Å². The van der Waals surface area contributed by atoms with E-state index in [1.54, 1.807) is 0 Å². The zero-order chi connectivity index (χ0) is 13.3. The maximum atomic E-state index is 14.3. The van der Waals surface area contributed by atoms with Crippen molar-refractivity contribution in [2.24, 2.45) is 11.1 Å². The van der Waals surface area contributed by atoms with E-state index >= 15 is 0 Å². The van der Waals surface area contributed by atoms with Gasteiger partial charge in [0.1, 0.15) is 5.75 Å². The second-order valence-electron chi connectivity index (χ2n) is 4.51. The van der Waals surface area contributed by atoms with Gasteiger partial charge in [-0.1, -0.05) is 25.4 Å². The van der Waals surface area contributed by atoms with Crippen LogP contribution >= 0.6 is 11.6 Å². The van der Waals surface area contributed by atoms with E-state index in [0.717, 1.165) is 0 Å². The highest BCUT2D eigenvalue weighted by Gasteiger charge is 2.49. The van der Waals surface area contributed by atoms with Crippen molar-refractivity contribution in [2.75, 3.05) is 13.7 Å². The van der Waals surface area contributed by atoms with E-state index in [2.05, 4.69) is 0 Å². The number of hydrogen-bond acceptors (Lipinski definition) is 2. The summed E-state index contributed by atoms with van der Waals surface area (Å²) in [5.41, 5.74) is 3.80. The Labute approximate surface area is 105 Å². The molecule has 1 aromatic carbocycles. The summed E-state index contributed by atoms with van der Waals surface area (Å²) in [6.07, 6.45) is 0. The van der Waals surface area contributed by atoms with Gasteiger partial charge in [-0.3, -0.25) is 0 Å². The Hall–Kier alpha value is -0.870. The van der Waals surface area contributed by atoms with Crippen LogP contribution in [0, 0.1) is 5.41 Å². The highest BCUT2D eigenvalue weighted by Crippen LogP contribution is 2.47. The normalized spacial score (nSPS) is 12.6. The molecule has 0 bridgehead atoms. The molecule has 0 aliphatic rings. The first-order chi connectivity index (χ1) is 7.76. The average molecular weight is 264 g/mol. The van der Waals surface area contributed by atoms with Gasteiger partial charge < -0.3 is 10.5 Å². The van der Waals surface area contributed by atoms with Gasteiger partial charge in [-0.15, -0.1) is 0 Å². The first-order valence-electron chi connectivity index (χ1n) is 5.18. The minimum Gasteiger partial charge on any atom is -0.496 e. The summed E-state index contributed by atoms with van der Waals surface area (Å²) < 4.78 is 33.6. The number of halogens is 3. The lowest BCUT2D eigenvalue weighted by atomic mass is 9.81. The molecule has 0 atom stereocenters. The lowest BCUT2D eigenvalue weighted by Crippen LogP contribution is -2.40. The molecule has 1 rings (SSSR count). The summed E-state index contributed by atoms with van der Waals surface area (Å²) in [6.45, 7) is 2.68. The standard InChI is InChI=1S/C12H16ClF2NO/c1-11(2,7-16)12(14,15)9-6-8(13)4-5-10(9)17-3/h4-6H,7,16H2,1-3H3. The Kier molecular flexibility index (Phi) is 3.99. The van der Waals surface area contributed by atoms with Crippen molar-refractivity contribution in [3.63, 3.8) is 0 Å². The topological polar surface area (TPSA) is 35.2 Å². The van der Waals surface area contributed by atoms with Gasteiger partial charge >= 0.3 is 0 Å². The van der Waals surface area contributed by atoms with E-state index in [1.165, 1.54) is 39.2 Å². The predicted octanol–water partition coefficient (Wildman–Crippen LogP) is 3.43. The van der Waals surface area contributed by atoms with Crippen LogP contribution in [0.4, 0.5) is 8.78 Å². The lowest BCUT2D eigenvalue weighted by Gasteiger charge is -2.34. The van der Waals surface area contributed by atoms with Gasteiger partial charge in [0, 0.05) is 17.0 Å². The van der Waals surface area contributed by atoms with E-state index in [1.807, 2.05) is 0 Å². The molecule has 0 amide bonds. The van der Waals surface area contributed by atoms with Crippen LogP contribution in [0.1, 0.15) is 19.4 Å². The largest absolute Gasteiger partial charge is 0.496 e. The Morgan fingerprint density at radius 1 is 1.35 bits per heavy atom. The van der Waals surface area contributed by atoms with Gasteiger partial charge in [-0.25, -0.2) is 8.78 Å². The van der Waals surface area contributed by atoms with Crippen LogP contribution in [0.15, 0.2) is 18.2 Å². The first-order valence-corrected chi connectivity index (χ1v) is 5.56. The molecule has 0 saturated heterocycles. The summed E-state index contributed by atoms with van der Waals surface area (Å²) in [4.78, 5) is 0. The Bertz CT molecular complexity index is 407. The molecule has 96 valence electrons. The smallest absolute Gasteiger partial charge is 0.283 e. The Morgan fingerprint density at radius 2 is 1.94 bits per heavy atom. The Balaban J connectivity index is 3.36. The molecule has 1 aromatic rings. The molecule has 17 heavy (non-hydrogen) atoms. The molecule has 0 radical (unpaired) electrons. The van der Waals surface area contributed by atoms with Crippen molar-refractivity contribution in [1.29, 1.82) is 0 Å². The number of alkyl halides is 2. The summed E-state index contributed by atoms with van der Waals surface area (Å²) in [6, 6.07) is 4.16. The molecule has 0 aliphatic heterocycles. The zero-order valence-electron chi connectivity index (χ0n) is 10.1. The summed E-state index contributed by atoms with van der Waals surface area (Å²) in [5.74, 6) is -3.00. The number of benzene rings is 1. The SMILES string of the molecule is COc1ccc(Cl)cc1C(F)(F)C(C)(C)CN. The van der Waals surface area contributed by atoms with Gasteiger partial charge in [0.15, 0.2) is 0 Å². The molecule has 0 saturated carbocycles. The number of rotatable bonds is 4. The zero-order valence-corrected chi connectivity index (χ0v) is 10.8. The van der Waals surface area contributed by atoms with E-state index in [4.69, 9.17) is 22.1 Å². The third-order valence-corrected chi connectivity index (χ3v) is 3.10. The maximum absolute atomic E-state index is 14.3. The van der Waals surface area contributed by atoms with E-state index in [-0.39, 0.29) is 22.9 Å². The van der Waals surface area contributed by atoms with Crippen LogP contribution < -0.4 is 10.5 Å². The molecular weight excluding hydrogens is 248 g/mol. The first kappa shape index (κ1) is 14.2. The molecule has 2 N–H and O–H groups in total. The highest BCUT2D eigenvalue weighted by molar-refractivity contribution is 6.30. The maximum Gasteiger partial charge on any atom is 0.283 e. The van der Waals surface area contributed by atoms with Crippen LogP contribution in [0.25, 0.3) is 0 Å². The Morgan fingerprint density at radius 3 is 2.41 bits per heavy atom. The second-order valence-corrected chi connectivity index (χ2v) is 4.94. The third-order valence-electron chi connectivity index (χ3n) is 2.86. The van der Waals surface area contributed by atoms with Crippen molar-refractivity contribution < 1.29 is 13.5 Å². The molecule has 0 heterocycles. The van der Waals surface area contributed by atoms with Gasteiger partial charge in [-0.2, -0.15) is 0 Å². The molecule has 0 unspecified atom stereocenters. The fourth-order valence-corrected chi connectivity index (χ4v) is 1.59. The number of ether oxygens (including phenoxy) is 1. The van der Waals surface area contributed by atoms with Crippen LogP contribution in [0.2, 0.25) is 5.02 Å². The molecule has 0 aliphatic carbocycles.